The zero-order chi connectivity index (χ0) is 21.4. The molecule has 2 aliphatic heterocycles. The third-order valence-corrected chi connectivity index (χ3v) is 6.26. The predicted octanol–water partition coefficient (Wildman–Crippen LogP) is 3.18. The van der Waals surface area contributed by atoms with Crippen LogP contribution >= 0.6 is 0 Å². The molecule has 0 radical (unpaired) electrons. The van der Waals surface area contributed by atoms with Gasteiger partial charge in [-0.3, -0.25) is 0 Å². The van der Waals surface area contributed by atoms with E-state index in [9.17, 15) is 4.39 Å². The summed E-state index contributed by atoms with van der Waals surface area (Å²) in [6, 6.07) is 15.4. The number of piperazine rings is 1. The van der Waals surface area contributed by atoms with Gasteiger partial charge in [0.05, 0.1) is 11.4 Å². The average Bonchev–Trinajstić information content (AvgIpc) is 2.79. The van der Waals surface area contributed by atoms with E-state index in [-0.39, 0.29) is 11.8 Å². The van der Waals surface area contributed by atoms with E-state index < -0.39 is 0 Å². The van der Waals surface area contributed by atoms with Crippen LogP contribution in [0.5, 0.6) is 0 Å². The molecule has 2 aliphatic rings. The number of hydrogen-bond donors (Lipinski definition) is 1. The van der Waals surface area contributed by atoms with Crippen molar-refractivity contribution in [2.24, 2.45) is 0 Å². The van der Waals surface area contributed by atoms with Crippen molar-refractivity contribution in [1.82, 2.24) is 14.9 Å². The van der Waals surface area contributed by atoms with Crippen LogP contribution in [0.15, 0.2) is 48.5 Å². The first kappa shape index (κ1) is 19.8. The molecule has 2 N–H and O–H groups in total. The van der Waals surface area contributed by atoms with Gasteiger partial charge in [0.1, 0.15) is 11.6 Å². The molecule has 31 heavy (non-hydrogen) atoms. The molecule has 1 fully saturated rings. The normalized spacial score (nSPS) is 17.0. The van der Waals surface area contributed by atoms with Gasteiger partial charge in [0.2, 0.25) is 5.95 Å². The molecule has 3 aromatic rings. The van der Waals surface area contributed by atoms with Crippen LogP contribution < -0.4 is 15.5 Å². The summed E-state index contributed by atoms with van der Waals surface area (Å²) in [5.41, 5.74) is 11.1. The lowest BCUT2D eigenvalue weighted by molar-refractivity contribution is 0.312. The summed E-state index contributed by atoms with van der Waals surface area (Å²) in [6.07, 6.45) is 0.891. The Balaban J connectivity index is 1.44. The second-order valence-corrected chi connectivity index (χ2v) is 8.37. The third-order valence-electron chi connectivity index (χ3n) is 6.26. The number of nitrogens with zero attached hydrogens (tertiary/aromatic N) is 5. The highest BCUT2D eigenvalue weighted by atomic mass is 19.1. The summed E-state index contributed by atoms with van der Waals surface area (Å²) >= 11 is 0. The Morgan fingerprint density at radius 1 is 0.871 bits per heavy atom. The second kappa shape index (κ2) is 8.15. The Bertz CT molecular complexity index is 1090. The number of nitrogens with two attached hydrogens (primary N) is 1. The molecule has 0 bridgehead atoms. The quantitative estimate of drug-likeness (QED) is 0.705. The van der Waals surface area contributed by atoms with Crippen molar-refractivity contribution in [3.8, 4) is 11.3 Å². The highest BCUT2D eigenvalue weighted by Gasteiger charge is 2.21. The summed E-state index contributed by atoms with van der Waals surface area (Å²) in [4.78, 5) is 15.7. The van der Waals surface area contributed by atoms with Crippen LogP contribution in [0.25, 0.3) is 11.3 Å². The maximum atomic E-state index is 14.3. The molecule has 3 heterocycles. The largest absolute Gasteiger partial charge is 0.368 e. The summed E-state index contributed by atoms with van der Waals surface area (Å²) in [5.74, 6) is 0.987. The van der Waals surface area contributed by atoms with Crippen molar-refractivity contribution in [3.05, 3.63) is 65.5 Å². The molecule has 0 aliphatic carbocycles. The van der Waals surface area contributed by atoms with E-state index in [1.54, 1.807) is 6.07 Å². The van der Waals surface area contributed by atoms with Crippen molar-refractivity contribution in [2.75, 3.05) is 55.3 Å². The van der Waals surface area contributed by atoms with Gasteiger partial charge in [-0.1, -0.05) is 24.3 Å². The molecule has 0 spiro atoms. The first-order valence-corrected chi connectivity index (χ1v) is 10.8. The van der Waals surface area contributed by atoms with Crippen LogP contribution in [-0.4, -0.2) is 54.6 Å². The van der Waals surface area contributed by atoms with Crippen LogP contribution in [0.4, 0.5) is 21.8 Å². The van der Waals surface area contributed by atoms with Gasteiger partial charge in [0.15, 0.2) is 0 Å². The smallest absolute Gasteiger partial charge is 0.222 e. The Morgan fingerprint density at radius 2 is 1.68 bits per heavy atom. The summed E-state index contributed by atoms with van der Waals surface area (Å²) < 4.78 is 14.3. The number of nitrogen functional groups attached to an aromatic ring is 1. The van der Waals surface area contributed by atoms with Gasteiger partial charge in [0.25, 0.3) is 0 Å². The molecule has 6 nitrogen and oxygen atoms in total. The van der Waals surface area contributed by atoms with Crippen molar-refractivity contribution < 1.29 is 4.39 Å². The fourth-order valence-electron chi connectivity index (χ4n) is 4.43. The van der Waals surface area contributed by atoms with E-state index in [1.165, 1.54) is 17.2 Å². The Morgan fingerprint density at radius 3 is 2.48 bits per heavy atom. The Kier molecular flexibility index (Phi) is 5.19. The first-order valence-electron chi connectivity index (χ1n) is 10.8. The molecule has 2 aromatic carbocycles. The number of halogens is 1. The fraction of sp³-hybridized carbons (Fsp3) is 0.333. The number of aromatic nitrogens is 2. The van der Waals surface area contributed by atoms with Crippen LogP contribution in [-0.2, 0) is 13.0 Å². The number of fused-ring (bicyclic) bond motifs is 1. The molecule has 1 aromatic heterocycles. The number of hydrogen-bond acceptors (Lipinski definition) is 6. The van der Waals surface area contributed by atoms with Crippen molar-refractivity contribution in [3.63, 3.8) is 0 Å². The highest BCUT2D eigenvalue weighted by molar-refractivity contribution is 5.66. The minimum Gasteiger partial charge on any atom is -0.368 e. The number of benzene rings is 2. The third kappa shape index (κ3) is 4.05. The van der Waals surface area contributed by atoms with E-state index >= 15 is 0 Å². The van der Waals surface area contributed by atoms with Gasteiger partial charge >= 0.3 is 0 Å². The molecule has 0 amide bonds. The van der Waals surface area contributed by atoms with Crippen LogP contribution in [0.2, 0.25) is 0 Å². The van der Waals surface area contributed by atoms with E-state index in [1.807, 2.05) is 18.2 Å². The minimum atomic E-state index is -0.178. The lowest BCUT2D eigenvalue weighted by Gasteiger charge is -2.33. The fourth-order valence-corrected chi connectivity index (χ4v) is 4.43. The molecule has 5 rings (SSSR count). The van der Waals surface area contributed by atoms with Gasteiger partial charge in [-0.05, 0) is 42.8 Å². The molecule has 1 saturated heterocycles. The van der Waals surface area contributed by atoms with Crippen molar-refractivity contribution in [2.45, 2.75) is 13.0 Å². The summed E-state index contributed by atoms with van der Waals surface area (Å²) in [7, 11) is 2.13. The number of para-hydroxylation sites is 1. The number of likely N-dealkylation sites (N-methyl/N-ethyl adjacent to an activating group) is 1. The maximum Gasteiger partial charge on any atom is 0.222 e. The average molecular weight is 419 g/mol. The maximum absolute atomic E-state index is 14.3. The molecular weight excluding hydrogens is 391 g/mol. The standard InChI is InChI=1S/C24H27FN6/c1-29-10-12-30(13-11-29)23-15-21(27-24(26)28-23)18-7-6-17-8-9-31(16-19(17)14-18)22-5-3-2-4-20(22)25/h2-7,14-15H,8-13,16H2,1H3,(H2,26,27,28). The molecule has 0 saturated carbocycles. The Labute approximate surface area is 182 Å². The van der Waals surface area contributed by atoms with Gasteiger partial charge < -0.3 is 20.4 Å². The van der Waals surface area contributed by atoms with Gasteiger partial charge in [-0.15, -0.1) is 0 Å². The van der Waals surface area contributed by atoms with Gasteiger partial charge in [-0.2, -0.15) is 4.98 Å². The summed E-state index contributed by atoms with van der Waals surface area (Å²) in [6.45, 7) is 5.34. The molecule has 0 unspecified atom stereocenters. The van der Waals surface area contributed by atoms with Crippen molar-refractivity contribution >= 4 is 17.5 Å². The first-order chi connectivity index (χ1) is 15.1. The molecule has 0 atom stereocenters. The highest BCUT2D eigenvalue weighted by Crippen LogP contribution is 2.30. The van der Waals surface area contributed by atoms with E-state index in [2.05, 4.69) is 49.9 Å². The monoisotopic (exact) mass is 418 g/mol. The Hall–Kier alpha value is -3.19. The second-order valence-electron chi connectivity index (χ2n) is 8.37. The van der Waals surface area contributed by atoms with E-state index in [0.29, 0.717) is 12.2 Å². The predicted molar refractivity (Wildman–Crippen MR) is 123 cm³/mol. The van der Waals surface area contributed by atoms with Gasteiger partial charge in [0, 0.05) is 50.9 Å². The van der Waals surface area contributed by atoms with Crippen LogP contribution in [0.1, 0.15) is 11.1 Å². The zero-order valence-electron chi connectivity index (χ0n) is 17.8. The molecule has 160 valence electrons. The molecular formula is C24H27FN6. The van der Waals surface area contributed by atoms with E-state index in [0.717, 1.165) is 56.2 Å². The zero-order valence-corrected chi connectivity index (χ0v) is 17.8. The van der Waals surface area contributed by atoms with Gasteiger partial charge in [-0.25, -0.2) is 9.37 Å². The SMILES string of the molecule is CN1CCN(c2cc(-c3ccc4c(c3)CN(c3ccccc3F)CC4)nc(N)n2)CC1. The molecule has 7 heteroatoms. The number of rotatable bonds is 3. The lowest BCUT2D eigenvalue weighted by atomic mass is 9.96. The topological polar surface area (TPSA) is 61.5 Å². The van der Waals surface area contributed by atoms with Crippen LogP contribution in [0, 0.1) is 5.82 Å². The summed E-state index contributed by atoms with van der Waals surface area (Å²) in [5, 5.41) is 0. The minimum absolute atomic E-state index is 0.178. The van der Waals surface area contributed by atoms with E-state index in [4.69, 9.17) is 5.73 Å². The van der Waals surface area contributed by atoms with Crippen LogP contribution in [0.3, 0.4) is 0 Å². The lowest BCUT2D eigenvalue weighted by Crippen LogP contribution is -2.44. The number of anilines is 3. The van der Waals surface area contributed by atoms with Crippen molar-refractivity contribution in [1.29, 1.82) is 0 Å².